The van der Waals surface area contributed by atoms with Crippen LogP contribution in [-0.4, -0.2) is 9.55 Å². The van der Waals surface area contributed by atoms with Crippen molar-refractivity contribution in [2.24, 2.45) is 0 Å². The maximum Gasteiger partial charge on any atom is 0.334 e. The van der Waals surface area contributed by atoms with Gasteiger partial charge in [-0.3, -0.25) is 9.78 Å². The van der Waals surface area contributed by atoms with Crippen molar-refractivity contribution in [3.63, 3.8) is 0 Å². The second kappa shape index (κ2) is 5.81. The molecule has 2 aromatic rings. The van der Waals surface area contributed by atoms with Crippen LogP contribution in [0.4, 0.5) is 4.39 Å². The van der Waals surface area contributed by atoms with Gasteiger partial charge < -0.3 is 0 Å². The predicted molar refractivity (Wildman–Crippen MR) is 76.6 cm³/mol. The monoisotopic (exact) mass is 316 g/mol. The first kappa shape index (κ1) is 14.8. The molecule has 0 aliphatic rings. The first-order chi connectivity index (χ1) is 9.45. The highest BCUT2D eigenvalue weighted by Crippen LogP contribution is 2.17. The Morgan fingerprint density at radius 2 is 2.00 bits per heavy atom. The number of H-pyrrole nitrogens is 1. The van der Waals surface area contributed by atoms with Crippen LogP contribution in [-0.2, 0) is 6.42 Å². The number of halogens is 3. The van der Waals surface area contributed by atoms with Crippen molar-refractivity contribution in [3.8, 4) is 5.69 Å². The van der Waals surface area contributed by atoms with E-state index < -0.39 is 17.1 Å². The van der Waals surface area contributed by atoms with Crippen molar-refractivity contribution in [2.45, 2.75) is 19.8 Å². The number of nitrogens with zero attached hydrogens (tertiary/aromatic N) is 1. The van der Waals surface area contributed by atoms with Crippen LogP contribution in [0.15, 0.2) is 27.8 Å². The molecule has 20 heavy (non-hydrogen) atoms. The molecule has 4 nitrogen and oxygen atoms in total. The number of rotatable bonds is 3. The number of benzene rings is 1. The maximum atomic E-state index is 13.5. The summed E-state index contributed by atoms with van der Waals surface area (Å²) >= 11 is 11.4. The minimum absolute atomic E-state index is 0.0209. The molecular formula is C13H11Cl2FN2O2. The minimum atomic E-state index is -0.721. The first-order valence-corrected chi connectivity index (χ1v) is 6.70. The lowest BCUT2D eigenvalue weighted by molar-refractivity contribution is 0.626. The molecule has 0 radical (unpaired) electrons. The van der Waals surface area contributed by atoms with Gasteiger partial charge in [0.15, 0.2) is 0 Å². The number of hydrogen-bond donors (Lipinski definition) is 1. The molecule has 1 heterocycles. The van der Waals surface area contributed by atoms with Gasteiger partial charge in [0.1, 0.15) is 11.0 Å². The van der Waals surface area contributed by atoms with Gasteiger partial charge in [0.05, 0.1) is 16.3 Å². The molecule has 7 heteroatoms. The summed E-state index contributed by atoms with van der Waals surface area (Å²) in [6, 6.07) is 3.71. The summed E-state index contributed by atoms with van der Waals surface area (Å²) < 4.78 is 14.3. The van der Waals surface area contributed by atoms with E-state index in [0.29, 0.717) is 18.4 Å². The van der Waals surface area contributed by atoms with E-state index in [1.54, 1.807) is 0 Å². The largest absolute Gasteiger partial charge is 0.334 e. The number of aromatic nitrogens is 2. The number of aromatic amines is 1. The highest BCUT2D eigenvalue weighted by Gasteiger charge is 2.14. The lowest BCUT2D eigenvalue weighted by atomic mass is 10.2. The van der Waals surface area contributed by atoms with Gasteiger partial charge in [0.25, 0.3) is 5.56 Å². The zero-order valence-electron chi connectivity index (χ0n) is 10.5. The summed E-state index contributed by atoms with van der Waals surface area (Å²) in [5.41, 5.74) is -0.875. The van der Waals surface area contributed by atoms with Crippen molar-refractivity contribution in [2.75, 3.05) is 0 Å². The Labute approximate surface area is 123 Å². The van der Waals surface area contributed by atoms with Crippen LogP contribution in [0.3, 0.4) is 0 Å². The van der Waals surface area contributed by atoms with Gasteiger partial charge in [-0.05, 0) is 24.6 Å². The molecule has 0 spiro atoms. The molecule has 1 aromatic carbocycles. The maximum absolute atomic E-state index is 13.5. The van der Waals surface area contributed by atoms with Gasteiger partial charge in [-0.25, -0.2) is 13.8 Å². The van der Waals surface area contributed by atoms with Crippen molar-refractivity contribution in [1.82, 2.24) is 9.55 Å². The number of hydrogen-bond acceptors (Lipinski definition) is 2. The molecule has 0 bridgehead atoms. The summed E-state index contributed by atoms with van der Waals surface area (Å²) in [7, 11) is 0. The third-order valence-corrected chi connectivity index (χ3v) is 3.44. The molecule has 0 amide bonds. The van der Waals surface area contributed by atoms with E-state index >= 15 is 0 Å². The Morgan fingerprint density at radius 1 is 1.30 bits per heavy atom. The van der Waals surface area contributed by atoms with Crippen molar-refractivity contribution >= 4 is 23.2 Å². The smallest absolute Gasteiger partial charge is 0.297 e. The van der Waals surface area contributed by atoms with Crippen LogP contribution in [0, 0.1) is 5.82 Å². The summed E-state index contributed by atoms with van der Waals surface area (Å²) in [4.78, 5) is 26.6. The second-order valence-corrected chi connectivity index (χ2v) is 5.00. The minimum Gasteiger partial charge on any atom is -0.297 e. The zero-order chi connectivity index (χ0) is 14.9. The third kappa shape index (κ3) is 2.64. The van der Waals surface area contributed by atoms with Gasteiger partial charge in [0.2, 0.25) is 0 Å². The van der Waals surface area contributed by atoms with E-state index in [9.17, 15) is 14.0 Å². The van der Waals surface area contributed by atoms with Crippen molar-refractivity contribution in [3.05, 3.63) is 60.6 Å². The lowest BCUT2D eigenvalue weighted by Gasteiger charge is -2.09. The van der Waals surface area contributed by atoms with E-state index in [4.69, 9.17) is 23.2 Å². The number of nitrogens with one attached hydrogen (secondary N) is 1. The molecule has 106 valence electrons. The quantitative estimate of drug-likeness (QED) is 0.885. The molecule has 0 unspecified atom stereocenters. The van der Waals surface area contributed by atoms with Crippen LogP contribution in [0.2, 0.25) is 10.2 Å². The normalized spacial score (nSPS) is 10.8. The summed E-state index contributed by atoms with van der Waals surface area (Å²) in [6.07, 6.45) is 1.11. The average molecular weight is 317 g/mol. The van der Waals surface area contributed by atoms with E-state index in [2.05, 4.69) is 4.98 Å². The van der Waals surface area contributed by atoms with E-state index in [-0.39, 0.29) is 15.9 Å². The Kier molecular flexibility index (Phi) is 4.30. The Morgan fingerprint density at radius 3 is 2.60 bits per heavy atom. The highest BCUT2D eigenvalue weighted by molar-refractivity contribution is 6.30. The van der Waals surface area contributed by atoms with Gasteiger partial charge in [-0.15, -0.1) is 0 Å². The van der Waals surface area contributed by atoms with Crippen LogP contribution in [0.1, 0.15) is 18.9 Å². The topological polar surface area (TPSA) is 54.9 Å². The van der Waals surface area contributed by atoms with Crippen LogP contribution < -0.4 is 11.2 Å². The highest BCUT2D eigenvalue weighted by atomic mass is 35.5. The molecule has 0 fully saturated rings. The molecule has 0 aliphatic heterocycles. The summed E-state index contributed by atoms with van der Waals surface area (Å²) in [5.74, 6) is -0.706. The third-order valence-electron chi connectivity index (χ3n) is 2.81. The lowest BCUT2D eigenvalue weighted by Crippen LogP contribution is -2.36. The fourth-order valence-electron chi connectivity index (χ4n) is 1.87. The molecule has 1 aromatic heterocycles. The Bertz CT molecular complexity index is 768. The van der Waals surface area contributed by atoms with Crippen molar-refractivity contribution < 1.29 is 4.39 Å². The average Bonchev–Trinajstić information content (AvgIpc) is 2.38. The molecule has 0 saturated carbocycles. The van der Waals surface area contributed by atoms with Crippen molar-refractivity contribution in [1.29, 1.82) is 0 Å². The van der Waals surface area contributed by atoms with Gasteiger partial charge in [-0.1, -0.05) is 36.5 Å². The SMILES string of the molecule is CCCc1c(Cl)[nH]c(=O)n(-c2ccc(Cl)c(F)c2)c1=O. The summed E-state index contributed by atoms with van der Waals surface area (Å²) in [6.45, 7) is 1.88. The van der Waals surface area contributed by atoms with Gasteiger partial charge in [-0.2, -0.15) is 0 Å². The van der Waals surface area contributed by atoms with E-state index in [0.717, 1.165) is 10.6 Å². The van der Waals surface area contributed by atoms with Crippen LogP contribution in [0.25, 0.3) is 5.69 Å². The van der Waals surface area contributed by atoms with Gasteiger partial charge >= 0.3 is 5.69 Å². The van der Waals surface area contributed by atoms with Gasteiger partial charge in [0, 0.05) is 0 Å². The molecule has 0 saturated heterocycles. The zero-order valence-corrected chi connectivity index (χ0v) is 12.1. The Balaban J connectivity index is 2.73. The molecule has 2 rings (SSSR count). The fraction of sp³-hybridized carbons (Fsp3) is 0.231. The second-order valence-electron chi connectivity index (χ2n) is 4.21. The first-order valence-electron chi connectivity index (χ1n) is 5.94. The molecule has 1 N–H and O–H groups in total. The van der Waals surface area contributed by atoms with Crippen LogP contribution in [0.5, 0.6) is 0 Å². The van der Waals surface area contributed by atoms with E-state index in [1.165, 1.54) is 12.1 Å². The molecular weight excluding hydrogens is 306 g/mol. The standard InChI is InChI=1S/C13H11Cl2FN2O2/c1-2-3-8-11(15)17-13(20)18(12(8)19)7-4-5-9(14)10(16)6-7/h4-6H,2-3H2,1H3,(H,17,20). The molecule has 0 aliphatic carbocycles. The van der Waals surface area contributed by atoms with E-state index in [1.807, 2.05) is 6.92 Å². The fourth-order valence-corrected chi connectivity index (χ4v) is 2.25. The predicted octanol–water partition coefficient (Wildman–Crippen LogP) is 2.92. The summed E-state index contributed by atoms with van der Waals surface area (Å²) in [5, 5.41) is -0.0616. The molecule has 0 atom stereocenters. The Hall–Kier alpha value is -1.59. The van der Waals surface area contributed by atoms with Crippen LogP contribution >= 0.6 is 23.2 Å².